The Morgan fingerprint density at radius 1 is 1.37 bits per heavy atom. The molecular formula is C13H13N3O2S. The third-order valence-corrected chi connectivity index (χ3v) is 4.36. The SMILES string of the molecule is Cc1[nH]nc2c1[C@H](c1ccc(O)cc1)SCC(=O)N2. The number of amides is 1. The van der Waals surface area contributed by atoms with Gasteiger partial charge in [-0.25, -0.2) is 0 Å². The molecule has 0 radical (unpaired) electrons. The molecule has 1 aromatic heterocycles. The second kappa shape index (κ2) is 4.62. The number of thioether (sulfide) groups is 1. The average molecular weight is 275 g/mol. The number of nitrogens with zero attached hydrogens (tertiary/aromatic N) is 1. The molecule has 0 aliphatic carbocycles. The molecule has 0 bridgehead atoms. The maximum absolute atomic E-state index is 11.7. The van der Waals surface area contributed by atoms with Crippen molar-refractivity contribution in [2.24, 2.45) is 0 Å². The number of aromatic nitrogens is 2. The summed E-state index contributed by atoms with van der Waals surface area (Å²) in [5.41, 5.74) is 2.99. The van der Waals surface area contributed by atoms with Gasteiger partial charge in [0.2, 0.25) is 5.91 Å². The number of carbonyl (C=O) groups excluding carboxylic acids is 1. The van der Waals surface area contributed by atoms with E-state index in [1.165, 1.54) is 0 Å². The van der Waals surface area contributed by atoms with E-state index in [1.807, 2.05) is 19.1 Å². The minimum atomic E-state index is -0.0426. The summed E-state index contributed by atoms with van der Waals surface area (Å²) in [7, 11) is 0. The summed E-state index contributed by atoms with van der Waals surface area (Å²) < 4.78 is 0. The molecule has 0 saturated heterocycles. The van der Waals surface area contributed by atoms with E-state index in [0.29, 0.717) is 11.6 Å². The lowest BCUT2D eigenvalue weighted by Gasteiger charge is -2.15. The second-order valence-electron chi connectivity index (χ2n) is 4.44. The Hall–Kier alpha value is -1.95. The second-order valence-corrected chi connectivity index (χ2v) is 5.54. The third kappa shape index (κ3) is 2.19. The van der Waals surface area contributed by atoms with Crippen molar-refractivity contribution < 1.29 is 9.90 Å². The maximum Gasteiger partial charge on any atom is 0.235 e. The Kier molecular flexibility index (Phi) is 2.94. The van der Waals surface area contributed by atoms with Gasteiger partial charge in [0.05, 0.1) is 11.0 Å². The molecule has 1 amide bonds. The lowest BCUT2D eigenvalue weighted by atomic mass is 10.0. The molecule has 6 heteroatoms. The van der Waals surface area contributed by atoms with Gasteiger partial charge in [0.1, 0.15) is 5.75 Å². The normalized spacial score (nSPS) is 18.6. The number of anilines is 1. The fourth-order valence-electron chi connectivity index (χ4n) is 2.18. The van der Waals surface area contributed by atoms with E-state index in [4.69, 9.17) is 0 Å². The van der Waals surface area contributed by atoms with Crippen LogP contribution in [0.25, 0.3) is 0 Å². The summed E-state index contributed by atoms with van der Waals surface area (Å²) in [5, 5.41) is 19.3. The molecule has 3 rings (SSSR count). The highest BCUT2D eigenvalue weighted by atomic mass is 32.2. The van der Waals surface area contributed by atoms with E-state index in [0.717, 1.165) is 16.8 Å². The molecule has 0 fully saturated rings. The topological polar surface area (TPSA) is 78.0 Å². The van der Waals surface area contributed by atoms with Crippen LogP contribution < -0.4 is 5.32 Å². The summed E-state index contributed by atoms with van der Waals surface area (Å²) >= 11 is 1.56. The molecule has 0 spiro atoms. The van der Waals surface area contributed by atoms with Crippen LogP contribution in [0.5, 0.6) is 5.75 Å². The summed E-state index contributed by atoms with van der Waals surface area (Å²) in [5.74, 6) is 1.19. The van der Waals surface area contributed by atoms with Crippen LogP contribution in [0.2, 0.25) is 0 Å². The van der Waals surface area contributed by atoms with Crippen LogP contribution in [0.3, 0.4) is 0 Å². The zero-order valence-electron chi connectivity index (χ0n) is 10.3. The number of benzene rings is 1. The molecule has 19 heavy (non-hydrogen) atoms. The summed E-state index contributed by atoms with van der Waals surface area (Å²) in [6, 6.07) is 7.06. The fourth-order valence-corrected chi connectivity index (χ4v) is 3.37. The van der Waals surface area contributed by atoms with Crippen LogP contribution in [0, 0.1) is 6.92 Å². The van der Waals surface area contributed by atoms with Gasteiger partial charge in [-0.1, -0.05) is 12.1 Å². The van der Waals surface area contributed by atoms with Crippen LogP contribution in [-0.4, -0.2) is 27.0 Å². The van der Waals surface area contributed by atoms with Gasteiger partial charge < -0.3 is 10.4 Å². The van der Waals surface area contributed by atoms with Crippen molar-refractivity contribution in [3.8, 4) is 5.75 Å². The molecule has 2 heterocycles. The van der Waals surface area contributed by atoms with Crippen molar-refractivity contribution in [1.29, 1.82) is 0 Å². The summed E-state index contributed by atoms with van der Waals surface area (Å²) in [4.78, 5) is 11.7. The molecule has 98 valence electrons. The minimum Gasteiger partial charge on any atom is -0.508 e. The third-order valence-electron chi connectivity index (χ3n) is 3.09. The van der Waals surface area contributed by atoms with Gasteiger partial charge in [-0.3, -0.25) is 9.89 Å². The smallest absolute Gasteiger partial charge is 0.235 e. The lowest BCUT2D eigenvalue weighted by Crippen LogP contribution is -2.12. The number of aromatic amines is 1. The average Bonchev–Trinajstić information content (AvgIpc) is 2.65. The number of hydrogen-bond donors (Lipinski definition) is 3. The molecule has 1 aliphatic heterocycles. The van der Waals surface area contributed by atoms with Gasteiger partial charge in [0.15, 0.2) is 5.82 Å². The van der Waals surface area contributed by atoms with Gasteiger partial charge >= 0.3 is 0 Å². The highest BCUT2D eigenvalue weighted by Gasteiger charge is 2.27. The van der Waals surface area contributed by atoms with Crippen LogP contribution in [0.4, 0.5) is 5.82 Å². The number of aromatic hydroxyl groups is 1. The summed E-state index contributed by atoms with van der Waals surface area (Å²) in [6.45, 7) is 1.94. The highest BCUT2D eigenvalue weighted by Crippen LogP contribution is 2.42. The first-order chi connectivity index (χ1) is 9.15. The van der Waals surface area contributed by atoms with Crippen LogP contribution in [0.15, 0.2) is 24.3 Å². The maximum atomic E-state index is 11.7. The number of aryl methyl sites for hydroxylation is 1. The Labute approximate surface area is 114 Å². The number of fused-ring (bicyclic) bond motifs is 1. The quantitative estimate of drug-likeness (QED) is 0.745. The highest BCUT2D eigenvalue weighted by molar-refractivity contribution is 8.00. The van der Waals surface area contributed by atoms with Crippen molar-refractivity contribution in [3.63, 3.8) is 0 Å². The number of H-pyrrole nitrogens is 1. The van der Waals surface area contributed by atoms with Crippen molar-refractivity contribution >= 4 is 23.5 Å². The van der Waals surface area contributed by atoms with Crippen molar-refractivity contribution in [1.82, 2.24) is 10.2 Å². The zero-order valence-corrected chi connectivity index (χ0v) is 11.1. The molecule has 1 atom stereocenters. The monoisotopic (exact) mass is 275 g/mol. The molecular weight excluding hydrogens is 262 g/mol. The zero-order chi connectivity index (χ0) is 13.4. The molecule has 2 aromatic rings. The van der Waals surface area contributed by atoms with Crippen LogP contribution >= 0.6 is 11.8 Å². The van der Waals surface area contributed by atoms with E-state index in [2.05, 4.69) is 15.5 Å². The van der Waals surface area contributed by atoms with E-state index in [9.17, 15) is 9.90 Å². The van der Waals surface area contributed by atoms with E-state index >= 15 is 0 Å². The van der Waals surface area contributed by atoms with Gasteiger partial charge in [0.25, 0.3) is 0 Å². The Morgan fingerprint density at radius 2 is 2.11 bits per heavy atom. The van der Waals surface area contributed by atoms with E-state index in [-0.39, 0.29) is 16.9 Å². The molecule has 1 aromatic carbocycles. The first-order valence-corrected chi connectivity index (χ1v) is 6.95. The van der Waals surface area contributed by atoms with Crippen molar-refractivity contribution in [3.05, 3.63) is 41.1 Å². The largest absolute Gasteiger partial charge is 0.508 e. The van der Waals surface area contributed by atoms with Crippen molar-refractivity contribution in [2.75, 3.05) is 11.1 Å². The number of hydrogen-bond acceptors (Lipinski definition) is 4. The number of rotatable bonds is 1. The van der Waals surface area contributed by atoms with Crippen LogP contribution in [-0.2, 0) is 4.79 Å². The Bertz CT molecular complexity index is 621. The first kappa shape index (κ1) is 12.1. The number of phenols is 1. The van der Waals surface area contributed by atoms with Gasteiger partial charge in [0, 0.05) is 11.3 Å². The minimum absolute atomic E-state index is 0.0355. The van der Waals surface area contributed by atoms with E-state index < -0.39 is 0 Å². The number of carbonyl (C=O) groups is 1. The van der Waals surface area contributed by atoms with Crippen LogP contribution in [0.1, 0.15) is 22.1 Å². The van der Waals surface area contributed by atoms with E-state index in [1.54, 1.807) is 23.9 Å². The van der Waals surface area contributed by atoms with Gasteiger partial charge in [-0.15, -0.1) is 11.8 Å². The fraction of sp³-hybridized carbons (Fsp3) is 0.231. The standard InChI is InChI=1S/C13H13N3O2S/c1-7-11-12(8-2-4-9(17)5-3-8)19-6-10(18)14-13(11)16-15-7/h2-5,12,17H,6H2,1H3,(H2,14,15,16,18)/t12-/m0/s1. The number of nitrogens with one attached hydrogen (secondary N) is 2. The molecule has 0 unspecified atom stereocenters. The van der Waals surface area contributed by atoms with Gasteiger partial charge in [-0.05, 0) is 24.6 Å². The molecule has 3 N–H and O–H groups in total. The predicted octanol–water partition coefficient (Wildman–Crippen LogP) is 2.20. The molecule has 5 nitrogen and oxygen atoms in total. The Morgan fingerprint density at radius 3 is 2.84 bits per heavy atom. The predicted molar refractivity (Wildman–Crippen MR) is 74.4 cm³/mol. The van der Waals surface area contributed by atoms with Crippen molar-refractivity contribution in [2.45, 2.75) is 12.2 Å². The Balaban J connectivity index is 2.08. The van der Waals surface area contributed by atoms with Gasteiger partial charge in [-0.2, -0.15) is 5.10 Å². The molecule has 1 aliphatic rings. The summed E-state index contributed by atoms with van der Waals surface area (Å²) in [6.07, 6.45) is 0. The number of phenolic OH excluding ortho intramolecular Hbond substituents is 1. The molecule has 0 saturated carbocycles. The lowest BCUT2D eigenvalue weighted by molar-refractivity contribution is -0.113. The first-order valence-electron chi connectivity index (χ1n) is 5.90.